The van der Waals surface area contributed by atoms with Crippen LogP contribution >= 0.6 is 11.6 Å². The van der Waals surface area contributed by atoms with Crippen LogP contribution in [0.5, 0.6) is 5.75 Å². The van der Waals surface area contributed by atoms with Crippen molar-refractivity contribution >= 4 is 28.8 Å². The number of methoxy groups -OCH3 is 1. The van der Waals surface area contributed by atoms with Gasteiger partial charge in [0.25, 0.3) is 11.5 Å². The summed E-state index contributed by atoms with van der Waals surface area (Å²) in [6, 6.07) is 8.33. The Balaban J connectivity index is 2.08. The number of aromatic nitrogens is 2. The van der Waals surface area contributed by atoms with Crippen LogP contribution in [0.1, 0.15) is 21.6 Å². The summed E-state index contributed by atoms with van der Waals surface area (Å²) in [5, 5.41) is 3.03. The lowest BCUT2D eigenvalue weighted by Gasteiger charge is -2.12. The minimum atomic E-state index is -0.492. The highest BCUT2D eigenvalue weighted by Gasteiger charge is 2.18. The number of benzene rings is 1. The Labute approximate surface area is 149 Å². The highest BCUT2D eigenvalue weighted by atomic mass is 35.5. The fourth-order valence-corrected chi connectivity index (χ4v) is 2.76. The zero-order valence-corrected chi connectivity index (χ0v) is 14.7. The summed E-state index contributed by atoms with van der Waals surface area (Å²) >= 11 is 5.97. The Hall–Kier alpha value is -2.86. The van der Waals surface area contributed by atoms with E-state index >= 15 is 0 Å². The molecule has 128 valence electrons. The first kappa shape index (κ1) is 17.0. The molecule has 0 spiro atoms. The molecule has 1 N–H and O–H groups in total. The summed E-state index contributed by atoms with van der Waals surface area (Å²) in [6.07, 6.45) is 1.62. The lowest BCUT2D eigenvalue weighted by atomic mass is 10.2. The van der Waals surface area contributed by atoms with E-state index in [2.05, 4.69) is 10.3 Å². The molecule has 1 aromatic carbocycles. The van der Waals surface area contributed by atoms with Crippen molar-refractivity contribution < 1.29 is 9.53 Å². The fraction of sp³-hybridized carbons (Fsp3) is 0.167. The highest BCUT2D eigenvalue weighted by Crippen LogP contribution is 2.23. The van der Waals surface area contributed by atoms with E-state index in [-0.39, 0.29) is 16.8 Å². The number of rotatable bonds is 3. The summed E-state index contributed by atoms with van der Waals surface area (Å²) in [4.78, 5) is 29.8. The Morgan fingerprint density at radius 3 is 2.76 bits per heavy atom. The second-order valence-electron chi connectivity index (χ2n) is 5.56. The molecule has 2 aromatic heterocycles. The number of hydrogen-bond donors (Lipinski definition) is 1. The lowest BCUT2D eigenvalue weighted by Crippen LogP contribution is -2.25. The number of ether oxygens (including phenoxy) is 1. The molecule has 3 rings (SSSR count). The van der Waals surface area contributed by atoms with Crippen molar-refractivity contribution in [3.05, 3.63) is 68.7 Å². The maximum atomic E-state index is 12.7. The average molecular weight is 358 g/mol. The quantitative estimate of drug-likeness (QED) is 0.781. The van der Waals surface area contributed by atoms with Crippen molar-refractivity contribution in [2.24, 2.45) is 0 Å². The summed E-state index contributed by atoms with van der Waals surface area (Å²) in [7, 11) is 1.46. The maximum Gasteiger partial charge on any atom is 0.281 e. The summed E-state index contributed by atoms with van der Waals surface area (Å²) in [5.74, 6) is -0.127. The van der Waals surface area contributed by atoms with Crippen molar-refractivity contribution in [1.82, 2.24) is 9.38 Å². The van der Waals surface area contributed by atoms with Crippen molar-refractivity contribution in [3.63, 3.8) is 0 Å². The Morgan fingerprint density at radius 2 is 2.04 bits per heavy atom. The lowest BCUT2D eigenvalue weighted by molar-refractivity contribution is 0.102. The number of halogens is 1. The van der Waals surface area contributed by atoms with E-state index in [4.69, 9.17) is 16.3 Å². The van der Waals surface area contributed by atoms with Gasteiger partial charge in [0.2, 0.25) is 0 Å². The minimum Gasteiger partial charge on any atom is -0.496 e. The van der Waals surface area contributed by atoms with Gasteiger partial charge in [0, 0.05) is 11.2 Å². The number of fused-ring (bicyclic) bond motifs is 1. The SMILES string of the molecule is COc1ccc(Cl)cc1C(=O)Nc1c(C)nc2c(C)cccn2c1=O. The van der Waals surface area contributed by atoms with Gasteiger partial charge in [-0.3, -0.25) is 14.0 Å². The predicted octanol–water partition coefficient (Wildman–Crippen LogP) is 3.23. The molecule has 0 aliphatic rings. The number of carbonyl (C=O) groups is 1. The number of nitrogens with zero attached hydrogens (tertiary/aromatic N) is 2. The smallest absolute Gasteiger partial charge is 0.281 e. The van der Waals surface area contributed by atoms with E-state index in [1.807, 2.05) is 13.0 Å². The van der Waals surface area contributed by atoms with Crippen molar-refractivity contribution in [2.45, 2.75) is 13.8 Å². The van der Waals surface area contributed by atoms with Crippen LogP contribution in [-0.4, -0.2) is 22.4 Å². The molecule has 0 radical (unpaired) electrons. The number of aryl methyl sites for hydroxylation is 2. The fourth-order valence-electron chi connectivity index (χ4n) is 2.59. The summed E-state index contributed by atoms with van der Waals surface area (Å²) in [6.45, 7) is 3.55. The van der Waals surface area contributed by atoms with Crippen LogP contribution in [0, 0.1) is 13.8 Å². The molecule has 25 heavy (non-hydrogen) atoms. The van der Waals surface area contributed by atoms with Crippen LogP contribution in [0.4, 0.5) is 5.69 Å². The molecule has 0 aliphatic heterocycles. The Morgan fingerprint density at radius 1 is 1.28 bits per heavy atom. The monoisotopic (exact) mass is 357 g/mol. The number of pyridine rings is 1. The van der Waals surface area contributed by atoms with Crippen LogP contribution in [0.15, 0.2) is 41.3 Å². The van der Waals surface area contributed by atoms with E-state index in [9.17, 15) is 9.59 Å². The van der Waals surface area contributed by atoms with Gasteiger partial charge in [0.15, 0.2) is 0 Å². The zero-order chi connectivity index (χ0) is 18.1. The number of hydrogen-bond acceptors (Lipinski definition) is 4. The molecule has 0 fully saturated rings. The van der Waals surface area contributed by atoms with Crippen LogP contribution in [0.2, 0.25) is 5.02 Å². The molecule has 0 saturated heterocycles. The van der Waals surface area contributed by atoms with Crippen molar-refractivity contribution in [1.29, 1.82) is 0 Å². The van der Waals surface area contributed by atoms with E-state index in [0.717, 1.165) is 5.56 Å². The third-order valence-corrected chi connectivity index (χ3v) is 4.11. The van der Waals surface area contributed by atoms with Crippen molar-refractivity contribution in [3.8, 4) is 5.75 Å². The van der Waals surface area contributed by atoms with Gasteiger partial charge >= 0.3 is 0 Å². The molecule has 2 heterocycles. The predicted molar refractivity (Wildman–Crippen MR) is 96.9 cm³/mol. The molecule has 0 aliphatic carbocycles. The number of amides is 1. The molecule has 7 heteroatoms. The number of carbonyl (C=O) groups excluding carboxylic acids is 1. The normalized spacial score (nSPS) is 10.7. The first-order valence-electron chi connectivity index (χ1n) is 7.56. The van der Waals surface area contributed by atoms with Crippen molar-refractivity contribution in [2.75, 3.05) is 12.4 Å². The topological polar surface area (TPSA) is 72.7 Å². The third-order valence-electron chi connectivity index (χ3n) is 3.88. The summed E-state index contributed by atoms with van der Waals surface area (Å²) in [5.41, 5.74) is 1.88. The van der Waals surface area contributed by atoms with Crippen LogP contribution in [0.25, 0.3) is 5.65 Å². The first-order chi connectivity index (χ1) is 11.9. The van der Waals surface area contributed by atoms with Crippen LogP contribution in [0.3, 0.4) is 0 Å². The molecule has 0 saturated carbocycles. The van der Waals surface area contributed by atoms with E-state index in [1.165, 1.54) is 17.6 Å². The van der Waals surface area contributed by atoms with E-state index in [0.29, 0.717) is 22.1 Å². The Kier molecular flexibility index (Phi) is 4.46. The molecule has 3 aromatic rings. The molecule has 1 amide bonds. The van der Waals surface area contributed by atoms with Gasteiger partial charge in [-0.05, 0) is 43.7 Å². The van der Waals surface area contributed by atoms with Gasteiger partial charge in [-0.1, -0.05) is 17.7 Å². The number of nitrogens with one attached hydrogen (secondary N) is 1. The van der Waals surface area contributed by atoms with Gasteiger partial charge in [0.05, 0.1) is 18.4 Å². The highest BCUT2D eigenvalue weighted by molar-refractivity contribution is 6.31. The van der Waals surface area contributed by atoms with Gasteiger partial charge in [-0.25, -0.2) is 4.98 Å². The van der Waals surface area contributed by atoms with E-state index in [1.54, 1.807) is 31.3 Å². The molecule has 6 nitrogen and oxygen atoms in total. The van der Waals surface area contributed by atoms with Gasteiger partial charge in [0.1, 0.15) is 17.1 Å². The maximum absolute atomic E-state index is 12.7. The van der Waals surface area contributed by atoms with Gasteiger partial charge in [-0.2, -0.15) is 0 Å². The second-order valence-corrected chi connectivity index (χ2v) is 6.00. The molecular weight excluding hydrogens is 342 g/mol. The second kappa shape index (κ2) is 6.57. The summed E-state index contributed by atoms with van der Waals surface area (Å²) < 4.78 is 6.60. The molecule has 0 bridgehead atoms. The largest absolute Gasteiger partial charge is 0.496 e. The minimum absolute atomic E-state index is 0.120. The average Bonchev–Trinajstić information content (AvgIpc) is 2.59. The van der Waals surface area contributed by atoms with Crippen LogP contribution < -0.4 is 15.6 Å². The van der Waals surface area contributed by atoms with Gasteiger partial charge in [-0.15, -0.1) is 0 Å². The molecule has 0 atom stereocenters. The number of anilines is 1. The van der Waals surface area contributed by atoms with E-state index < -0.39 is 5.91 Å². The first-order valence-corrected chi connectivity index (χ1v) is 7.93. The van der Waals surface area contributed by atoms with Crippen LogP contribution in [-0.2, 0) is 0 Å². The molecular formula is C18H16ClN3O3. The molecule has 0 unspecified atom stereocenters. The zero-order valence-electron chi connectivity index (χ0n) is 14.0. The standard InChI is InChI=1S/C18H16ClN3O3/c1-10-5-4-8-22-16(10)20-11(2)15(18(22)24)21-17(23)13-9-12(19)6-7-14(13)25-3/h4-9H,1-3H3,(H,21,23). The third kappa shape index (κ3) is 3.08. The Bertz CT molecular complexity index is 1040. The van der Waals surface area contributed by atoms with Gasteiger partial charge < -0.3 is 10.1 Å².